The predicted octanol–water partition coefficient (Wildman–Crippen LogP) is 3.26. The van der Waals surface area contributed by atoms with E-state index >= 15 is 0 Å². The average Bonchev–Trinajstić information content (AvgIpc) is 2.43. The average molecular weight is 286 g/mol. The van der Waals surface area contributed by atoms with Gasteiger partial charge in [0.15, 0.2) is 0 Å². The summed E-state index contributed by atoms with van der Waals surface area (Å²) in [7, 11) is 0. The van der Waals surface area contributed by atoms with Gasteiger partial charge in [0.25, 0.3) is 0 Å². The van der Waals surface area contributed by atoms with Gasteiger partial charge in [0.05, 0.1) is 13.2 Å². The zero-order valence-electron chi connectivity index (χ0n) is 11.7. The van der Waals surface area contributed by atoms with E-state index in [1.165, 1.54) is 0 Å². The van der Waals surface area contributed by atoms with Crippen molar-refractivity contribution < 1.29 is 9.47 Å². The van der Waals surface area contributed by atoms with Gasteiger partial charge < -0.3 is 14.8 Å². The highest BCUT2D eigenvalue weighted by atomic mass is 35.5. The van der Waals surface area contributed by atoms with Crippen molar-refractivity contribution >= 4 is 11.6 Å². The minimum Gasteiger partial charge on any atom is -0.382 e. The van der Waals surface area contributed by atoms with Crippen molar-refractivity contribution in [2.45, 2.75) is 26.4 Å². The van der Waals surface area contributed by atoms with E-state index in [4.69, 9.17) is 21.1 Å². The topological polar surface area (TPSA) is 30.5 Å². The van der Waals surface area contributed by atoms with Crippen molar-refractivity contribution in [1.82, 2.24) is 5.32 Å². The number of halogens is 1. The number of rotatable bonds is 11. The maximum atomic E-state index is 5.82. The third kappa shape index (κ3) is 9.00. The van der Waals surface area contributed by atoms with Crippen LogP contribution in [0.1, 0.15) is 25.3 Å². The van der Waals surface area contributed by atoms with Crippen LogP contribution in [0.4, 0.5) is 0 Å². The van der Waals surface area contributed by atoms with Gasteiger partial charge in [0.2, 0.25) is 0 Å². The van der Waals surface area contributed by atoms with E-state index in [9.17, 15) is 0 Å². The van der Waals surface area contributed by atoms with Crippen LogP contribution in [0.2, 0.25) is 5.02 Å². The first-order valence-corrected chi connectivity index (χ1v) is 7.31. The lowest BCUT2D eigenvalue weighted by molar-refractivity contribution is 0.122. The molecule has 1 aromatic rings. The smallest absolute Gasteiger partial charge is 0.0717 e. The van der Waals surface area contributed by atoms with Crippen LogP contribution in [0.25, 0.3) is 0 Å². The standard InChI is InChI=1S/C15H24ClNO2/c1-2-18-11-4-3-9-17-10-12-19-13-14-5-7-15(16)8-6-14/h5-8,17H,2-4,9-13H2,1H3. The number of hydrogen-bond acceptors (Lipinski definition) is 3. The normalized spacial score (nSPS) is 10.8. The zero-order valence-corrected chi connectivity index (χ0v) is 12.4. The molecule has 0 saturated heterocycles. The second kappa shape index (κ2) is 11.2. The van der Waals surface area contributed by atoms with E-state index < -0.39 is 0 Å². The molecule has 3 nitrogen and oxygen atoms in total. The largest absolute Gasteiger partial charge is 0.382 e. The molecule has 1 rings (SSSR count). The quantitative estimate of drug-likeness (QED) is 0.633. The Kier molecular flexibility index (Phi) is 9.72. The third-order valence-corrected chi connectivity index (χ3v) is 2.95. The minimum absolute atomic E-state index is 0.642. The Morgan fingerprint density at radius 2 is 1.79 bits per heavy atom. The molecule has 19 heavy (non-hydrogen) atoms. The van der Waals surface area contributed by atoms with E-state index in [0.29, 0.717) is 6.61 Å². The summed E-state index contributed by atoms with van der Waals surface area (Å²) >= 11 is 5.82. The lowest BCUT2D eigenvalue weighted by Gasteiger charge is -2.06. The molecule has 0 aliphatic heterocycles. The number of hydrogen-bond donors (Lipinski definition) is 1. The molecule has 0 heterocycles. The lowest BCUT2D eigenvalue weighted by atomic mass is 10.2. The first kappa shape index (κ1) is 16.4. The number of nitrogens with one attached hydrogen (secondary N) is 1. The molecule has 0 spiro atoms. The van der Waals surface area contributed by atoms with E-state index in [2.05, 4.69) is 5.32 Å². The van der Waals surface area contributed by atoms with Crippen molar-refractivity contribution in [3.8, 4) is 0 Å². The predicted molar refractivity (Wildman–Crippen MR) is 79.7 cm³/mol. The summed E-state index contributed by atoms with van der Waals surface area (Å²) in [6.07, 6.45) is 2.27. The van der Waals surface area contributed by atoms with Crippen LogP contribution < -0.4 is 5.32 Å². The van der Waals surface area contributed by atoms with Gasteiger partial charge in [-0.05, 0) is 44.0 Å². The number of unbranched alkanes of at least 4 members (excludes halogenated alkanes) is 1. The van der Waals surface area contributed by atoms with Crippen molar-refractivity contribution in [3.63, 3.8) is 0 Å². The summed E-state index contributed by atoms with van der Waals surface area (Å²) in [5, 5.41) is 4.12. The zero-order chi connectivity index (χ0) is 13.8. The van der Waals surface area contributed by atoms with Gasteiger partial charge in [0, 0.05) is 24.8 Å². The van der Waals surface area contributed by atoms with Crippen molar-refractivity contribution in [2.24, 2.45) is 0 Å². The van der Waals surface area contributed by atoms with Gasteiger partial charge >= 0.3 is 0 Å². The summed E-state index contributed by atoms with van der Waals surface area (Å²) in [4.78, 5) is 0. The highest BCUT2D eigenvalue weighted by Crippen LogP contribution is 2.09. The van der Waals surface area contributed by atoms with Gasteiger partial charge in [-0.1, -0.05) is 23.7 Å². The summed E-state index contributed by atoms with van der Waals surface area (Å²) in [6.45, 7) is 6.99. The van der Waals surface area contributed by atoms with Crippen LogP contribution in [0.3, 0.4) is 0 Å². The van der Waals surface area contributed by atoms with Gasteiger partial charge in [-0.2, -0.15) is 0 Å². The third-order valence-electron chi connectivity index (χ3n) is 2.70. The van der Waals surface area contributed by atoms with Crippen LogP contribution in [-0.4, -0.2) is 32.9 Å². The van der Waals surface area contributed by atoms with Crippen LogP contribution in [0.15, 0.2) is 24.3 Å². The molecule has 0 aliphatic carbocycles. The van der Waals surface area contributed by atoms with E-state index in [1.807, 2.05) is 31.2 Å². The molecule has 0 atom stereocenters. The Morgan fingerprint density at radius 1 is 1.00 bits per heavy atom. The fourth-order valence-electron chi connectivity index (χ4n) is 1.64. The van der Waals surface area contributed by atoms with E-state index in [1.54, 1.807) is 0 Å². The Balaban J connectivity index is 1.87. The maximum absolute atomic E-state index is 5.82. The van der Waals surface area contributed by atoms with Crippen LogP contribution in [-0.2, 0) is 16.1 Å². The highest BCUT2D eigenvalue weighted by Gasteiger charge is 1.94. The van der Waals surface area contributed by atoms with Gasteiger partial charge in [-0.3, -0.25) is 0 Å². The van der Waals surface area contributed by atoms with Crippen LogP contribution >= 0.6 is 11.6 Å². The van der Waals surface area contributed by atoms with Crippen LogP contribution in [0, 0.1) is 0 Å². The molecule has 0 radical (unpaired) electrons. The fraction of sp³-hybridized carbons (Fsp3) is 0.600. The monoisotopic (exact) mass is 285 g/mol. The summed E-state index contributed by atoms with van der Waals surface area (Å²) in [5.74, 6) is 0. The second-order valence-corrected chi connectivity index (χ2v) is 4.77. The summed E-state index contributed by atoms with van der Waals surface area (Å²) in [5.41, 5.74) is 1.15. The molecule has 0 aromatic heterocycles. The van der Waals surface area contributed by atoms with Gasteiger partial charge in [0.1, 0.15) is 0 Å². The molecule has 1 N–H and O–H groups in total. The lowest BCUT2D eigenvalue weighted by Crippen LogP contribution is -2.21. The molecule has 108 valence electrons. The molecule has 4 heteroatoms. The van der Waals surface area contributed by atoms with Gasteiger partial charge in [-0.15, -0.1) is 0 Å². The highest BCUT2D eigenvalue weighted by molar-refractivity contribution is 6.30. The fourth-order valence-corrected chi connectivity index (χ4v) is 1.76. The Labute approximate surface area is 121 Å². The Hall–Kier alpha value is -0.610. The SMILES string of the molecule is CCOCCCCNCCOCc1ccc(Cl)cc1. The summed E-state index contributed by atoms with van der Waals surface area (Å²) < 4.78 is 10.8. The molecular formula is C15H24ClNO2. The summed E-state index contributed by atoms with van der Waals surface area (Å²) in [6, 6.07) is 7.75. The van der Waals surface area contributed by atoms with E-state index in [-0.39, 0.29) is 0 Å². The van der Waals surface area contributed by atoms with E-state index in [0.717, 1.165) is 56.3 Å². The van der Waals surface area contributed by atoms with Crippen molar-refractivity contribution in [1.29, 1.82) is 0 Å². The Bertz CT molecular complexity index is 316. The van der Waals surface area contributed by atoms with Crippen LogP contribution in [0.5, 0.6) is 0 Å². The molecular weight excluding hydrogens is 262 g/mol. The first-order chi connectivity index (χ1) is 9.33. The second-order valence-electron chi connectivity index (χ2n) is 4.33. The molecule has 0 amide bonds. The molecule has 1 aromatic carbocycles. The van der Waals surface area contributed by atoms with Crippen molar-refractivity contribution in [2.75, 3.05) is 32.9 Å². The molecule has 0 fully saturated rings. The number of benzene rings is 1. The van der Waals surface area contributed by atoms with Gasteiger partial charge in [-0.25, -0.2) is 0 Å². The maximum Gasteiger partial charge on any atom is 0.0717 e. The Morgan fingerprint density at radius 3 is 2.53 bits per heavy atom. The molecule has 0 unspecified atom stereocenters. The van der Waals surface area contributed by atoms with Crippen molar-refractivity contribution in [3.05, 3.63) is 34.9 Å². The molecule has 0 aliphatic rings. The molecule has 0 saturated carbocycles. The first-order valence-electron chi connectivity index (χ1n) is 6.93. The number of ether oxygens (including phenoxy) is 2. The molecule has 0 bridgehead atoms. The minimum atomic E-state index is 0.642.